The van der Waals surface area contributed by atoms with Crippen LogP contribution in [-0.2, 0) is 16.1 Å². The smallest absolute Gasteiger partial charge is 0.247 e. The van der Waals surface area contributed by atoms with E-state index in [9.17, 15) is 9.59 Å². The van der Waals surface area contributed by atoms with E-state index in [-0.39, 0.29) is 29.8 Å². The van der Waals surface area contributed by atoms with Crippen molar-refractivity contribution in [3.63, 3.8) is 0 Å². The van der Waals surface area contributed by atoms with Gasteiger partial charge in [0.2, 0.25) is 11.8 Å². The molecule has 1 atom stereocenters. The van der Waals surface area contributed by atoms with E-state index in [1.807, 2.05) is 37.4 Å². The van der Waals surface area contributed by atoms with Crippen LogP contribution in [0.3, 0.4) is 0 Å². The van der Waals surface area contributed by atoms with E-state index in [1.54, 1.807) is 35.5 Å². The average Bonchev–Trinajstić information content (AvgIpc) is 3.32. The molecule has 1 heterocycles. The molecule has 1 aliphatic carbocycles. The van der Waals surface area contributed by atoms with Gasteiger partial charge in [0.25, 0.3) is 0 Å². The second-order valence-corrected chi connectivity index (χ2v) is 9.86. The first-order valence-corrected chi connectivity index (χ1v) is 12.9. The summed E-state index contributed by atoms with van der Waals surface area (Å²) in [4.78, 5) is 29.2. The van der Waals surface area contributed by atoms with Crippen molar-refractivity contribution in [2.75, 3.05) is 13.0 Å². The van der Waals surface area contributed by atoms with E-state index in [1.165, 1.54) is 6.42 Å². The van der Waals surface area contributed by atoms with Crippen LogP contribution in [0.5, 0.6) is 11.5 Å². The van der Waals surface area contributed by atoms with Gasteiger partial charge < -0.3 is 19.7 Å². The van der Waals surface area contributed by atoms with Crippen molar-refractivity contribution in [1.82, 2.24) is 10.2 Å². The molecule has 1 aromatic carbocycles. The fourth-order valence-electron chi connectivity index (χ4n) is 4.18. The van der Waals surface area contributed by atoms with E-state index in [4.69, 9.17) is 21.1 Å². The molecule has 6 nitrogen and oxygen atoms in total. The van der Waals surface area contributed by atoms with Crippen molar-refractivity contribution in [3.05, 3.63) is 46.2 Å². The number of alkyl halides is 1. The highest BCUT2D eigenvalue weighted by Gasteiger charge is 2.33. The summed E-state index contributed by atoms with van der Waals surface area (Å²) in [6.45, 7) is 4.18. The number of hydrogen-bond acceptors (Lipinski definition) is 5. The summed E-state index contributed by atoms with van der Waals surface area (Å²) in [5, 5.41) is 5.15. The molecule has 0 radical (unpaired) electrons. The van der Waals surface area contributed by atoms with Gasteiger partial charge in [-0.25, -0.2) is 0 Å². The number of carbonyl (C=O) groups excluding carboxylic acids is 2. The maximum atomic E-state index is 13.6. The lowest BCUT2D eigenvalue weighted by Crippen LogP contribution is -2.47. The SMILES string of the molecule is COc1cc([C@H](C(=O)NC2CCCCC2)N(Cc2cccs2)C(=O)CCl)ccc1OC(C)C. The molecule has 0 spiro atoms. The molecule has 0 bridgehead atoms. The molecule has 1 aromatic heterocycles. The quantitative estimate of drug-likeness (QED) is 0.457. The second-order valence-electron chi connectivity index (χ2n) is 8.56. The molecule has 2 amide bonds. The predicted octanol–water partition coefficient (Wildman–Crippen LogP) is 5.30. The molecule has 8 heteroatoms. The molecule has 3 rings (SSSR count). The maximum absolute atomic E-state index is 13.6. The zero-order chi connectivity index (χ0) is 23.8. The lowest BCUT2D eigenvalue weighted by Gasteiger charge is -2.33. The molecule has 2 aromatic rings. The van der Waals surface area contributed by atoms with E-state index in [2.05, 4.69) is 5.32 Å². The molecule has 33 heavy (non-hydrogen) atoms. The molecular weight excluding hydrogens is 460 g/mol. The third-order valence-electron chi connectivity index (χ3n) is 5.72. The van der Waals surface area contributed by atoms with Crippen molar-refractivity contribution in [2.45, 2.75) is 70.7 Å². The van der Waals surface area contributed by atoms with Gasteiger partial charge in [-0.1, -0.05) is 31.4 Å². The Hall–Kier alpha value is -2.25. The normalized spacial score (nSPS) is 15.2. The number of thiophene rings is 1. The summed E-state index contributed by atoms with van der Waals surface area (Å²) in [5.74, 6) is 0.415. The number of ether oxygens (including phenoxy) is 2. The number of hydrogen-bond donors (Lipinski definition) is 1. The van der Waals surface area contributed by atoms with Crippen LogP contribution in [0.4, 0.5) is 0 Å². The fourth-order valence-corrected chi connectivity index (χ4v) is 5.03. The Balaban J connectivity index is 1.99. The number of amides is 2. The van der Waals surface area contributed by atoms with E-state index >= 15 is 0 Å². The number of carbonyl (C=O) groups is 2. The summed E-state index contributed by atoms with van der Waals surface area (Å²) in [7, 11) is 1.57. The van der Waals surface area contributed by atoms with Crippen molar-refractivity contribution in [3.8, 4) is 11.5 Å². The van der Waals surface area contributed by atoms with Gasteiger partial charge in [-0.05, 0) is 55.8 Å². The van der Waals surface area contributed by atoms with Crippen molar-refractivity contribution in [2.24, 2.45) is 0 Å². The molecule has 0 aliphatic heterocycles. The topological polar surface area (TPSA) is 67.9 Å². The molecule has 180 valence electrons. The number of halogens is 1. The lowest BCUT2D eigenvalue weighted by molar-refractivity contribution is -0.140. The number of nitrogens with one attached hydrogen (secondary N) is 1. The molecule has 1 N–H and O–H groups in total. The zero-order valence-electron chi connectivity index (χ0n) is 19.5. The van der Waals surface area contributed by atoms with Crippen molar-refractivity contribution < 1.29 is 19.1 Å². The van der Waals surface area contributed by atoms with Crippen molar-refractivity contribution >= 4 is 34.8 Å². The van der Waals surface area contributed by atoms with Crippen LogP contribution in [0.2, 0.25) is 0 Å². The molecule has 1 saturated carbocycles. The third-order valence-corrected chi connectivity index (χ3v) is 6.81. The monoisotopic (exact) mass is 492 g/mol. The average molecular weight is 493 g/mol. The van der Waals surface area contributed by atoms with Gasteiger partial charge in [0, 0.05) is 10.9 Å². The van der Waals surface area contributed by atoms with Gasteiger partial charge in [-0.3, -0.25) is 9.59 Å². The van der Waals surface area contributed by atoms with Crippen LogP contribution in [-0.4, -0.2) is 41.8 Å². The first-order valence-electron chi connectivity index (χ1n) is 11.5. The van der Waals surface area contributed by atoms with Gasteiger partial charge in [0.05, 0.1) is 19.8 Å². The van der Waals surface area contributed by atoms with E-state index in [0.717, 1.165) is 30.6 Å². The van der Waals surface area contributed by atoms with Gasteiger partial charge in [-0.2, -0.15) is 0 Å². The lowest BCUT2D eigenvalue weighted by atomic mass is 9.94. The Morgan fingerprint density at radius 1 is 1.18 bits per heavy atom. The summed E-state index contributed by atoms with van der Waals surface area (Å²) in [6, 6.07) is 8.58. The Labute approximate surface area is 205 Å². The summed E-state index contributed by atoms with van der Waals surface area (Å²) < 4.78 is 11.4. The summed E-state index contributed by atoms with van der Waals surface area (Å²) in [6.07, 6.45) is 5.28. The molecule has 0 saturated heterocycles. The zero-order valence-corrected chi connectivity index (χ0v) is 21.1. The summed E-state index contributed by atoms with van der Waals surface area (Å²) >= 11 is 7.53. The summed E-state index contributed by atoms with van der Waals surface area (Å²) in [5.41, 5.74) is 0.659. The van der Waals surface area contributed by atoms with Crippen LogP contribution in [0, 0.1) is 0 Å². The van der Waals surface area contributed by atoms with E-state index in [0.29, 0.717) is 23.6 Å². The van der Waals surface area contributed by atoms with Crippen LogP contribution in [0.15, 0.2) is 35.7 Å². The standard InChI is InChI=1S/C25H33ClN2O4S/c1-17(2)32-21-12-11-18(14-22(21)31-3)24(25(30)27-19-8-5-4-6-9-19)28(23(29)15-26)16-20-10-7-13-33-20/h7,10-14,17,19,24H,4-6,8-9,15-16H2,1-3H3,(H,27,30)/t24-/m1/s1. The number of nitrogens with zero attached hydrogens (tertiary/aromatic N) is 1. The van der Waals surface area contributed by atoms with Crippen LogP contribution in [0.25, 0.3) is 0 Å². The number of benzene rings is 1. The molecule has 1 fully saturated rings. The van der Waals surface area contributed by atoms with Gasteiger partial charge in [0.15, 0.2) is 11.5 Å². The highest BCUT2D eigenvalue weighted by Crippen LogP contribution is 2.34. The largest absolute Gasteiger partial charge is 0.493 e. The van der Waals surface area contributed by atoms with Crippen LogP contribution in [0.1, 0.15) is 62.4 Å². The second kappa shape index (κ2) is 12.3. The van der Waals surface area contributed by atoms with Gasteiger partial charge in [-0.15, -0.1) is 22.9 Å². The first-order chi connectivity index (χ1) is 15.9. The Kier molecular flexibility index (Phi) is 9.44. The Morgan fingerprint density at radius 2 is 1.94 bits per heavy atom. The minimum atomic E-state index is -0.831. The van der Waals surface area contributed by atoms with Gasteiger partial charge in [0.1, 0.15) is 11.9 Å². The van der Waals surface area contributed by atoms with Crippen molar-refractivity contribution in [1.29, 1.82) is 0 Å². The third kappa shape index (κ3) is 6.87. The van der Waals surface area contributed by atoms with Crippen LogP contribution >= 0.6 is 22.9 Å². The molecule has 1 aliphatic rings. The maximum Gasteiger partial charge on any atom is 0.247 e. The molecular formula is C25H33ClN2O4S. The minimum Gasteiger partial charge on any atom is -0.493 e. The van der Waals surface area contributed by atoms with Crippen LogP contribution < -0.4 is 14.8 Å². The minimum absolute atomic E-state index is 0.0247. The first kappa shape index (κ1) is 25.4. The highest BCUT2D eigenvalue weighted by molar-refractivity contribution is 7.09. The predicted molar refractivity (Wildman–Crippen MR) is 132 cm³/mol. The van der Waals surface area contributed by atoms with Gasteiger partial charge >= 0.3 is 0 Å². The highest BCUT2D eigenvalue weighted by atomic mass is 35.5. The Morgan fingerprint density at radius 3 is 2.55 bits per heavy atom. The Bertz CT molecular complexity index is 913. The fraction of sp³-hybridized carbons (Fsp3) is 0.520. The molecule has 0 unspecified atom stereocenters. The number of rotatable bonds is 10. The number of methoxy groups -OCH3 is 1. The van der Waals surface area contributed by atoms with E-state index < -0.39 is 6.04 Å².